The maximum Gasteiger partial charge on any atom is 0.188 e. The molecule has 0 aromatic heterocycles. The molecular weight excluding hydrogens is 204 g/mol. The van der Waals surface area contributed by atoms with Crippen LogP contribution in [0.5, 0.6) is 0 Å². The largest absolute Gasteiger partial charge is 0.499 e. The van der Waals surface area contributed by atoms with Crippen molar-refractivity contribution in [3.05, 3.63) is 35.4 Å². The van der Waals surface area contributed by atoms with Crippen LogP contribution in [0.1, 0.15) is 30.9 Å². The first kappa shape index (κ1) is 12.4. The molecule has 0 saturated carbocycles. The van der Waals surface area contributed by atoms with Crippen molar-refractivity contribution >= 4 is 29.7 Å². The Labute approximate surface area is 90.2 Å². The van der Waals surface area contributed by atoms with Gasteiger partial charge in [-0.1, -0.05) is 38.1 Å². The van der Waals surface area contributed by atoms with E-state index in [0.29, 0.717) is 5.92 Å². The molecule has 13 heavy (non-hydrogen) atoms. The molecule has 0 heterocycles. The Morgan fingerprint density at radius 3 is 2.23 bits per heavy atom. The highest BCUT2D eigenvalue weighted by atomic mass is 35.5. The second kappa shape index (κ2) is 5.20. The van der Waals surface area contributed by atoms with E-state index in [0.717, 1.165) is 11.1 Å². The summed E-state index contributed by atoms with van der Waals surface area (Å²) in [5, 5.41) is 9.17. The second-order valence-electron chi connectivity index (χ2n) is 3.05. The van der Waals surface area contributed by atoms with E-state index in [1.54, 1.807) is 0 Å². The summed E-state index contributed by atoms with van der Waals surface area (Å²) in [6, 6.07) is 7.67. The summed E-state index contributed by atoms with van der Waals surface area (Å²) in [6.07, 6.45) is 0. The third kappa shape index (κ3) is 2.98. The Morgan fingerprint density at radius 2 is 1.85 bits per heavy atom. The molecule has 1 aromatic rings. The van der Waals surface area contributed by atoms with Crippen molar-refractivity contribution in [2.24, 2.45) is 0 Å². The minimum atomic E-state index is -0.0145. The van der Waals surface area contributed by atoms with E-state index in [9.17, 15) is 5.11 Å². The van der Waals surface area contributed by atoms with Crippen molar-refractivity contribution in [2.75, 3.05) is 0 Å². The predicted molar refractivity (Wildman–Crippen MR) is 62.1 cm³/mol. The summed E-state index contributed by atoms with van der Waals surface area (Å²) in [5.74, 6) is 0.395. The Bertz CT molecular complexity index is 297. The lowest BCUT2D eigenvalue weighted by molar-refractivity contribution is 0.569. The fraction of sp³-hybridized carbons (Fsp3) is 0.300. The fourth-order valence-electron chi connectivity index (χ4n) is 1.20. The van der Waals surface area contributed by atoms with Crippen LogP contribution in [0, 0.1) is 0 Å². The van der Waals surface area contributed by atoms with Crippen molar-refractivity contribution in [1.29, 1.82) is 0 Å². The van der Waals surface area contributed by atoms with Gasteiger partial charge in [-0.25, -0.2) is 0 Å². The zero-order chi connectivity index (χ0) is 9.14. The van der Waals surface area contributed by atoms with Crippen LogP contribution in [-0.4, -0.2) is 10.2 Å². The number of benzene rings is 1. The van der Waals surface area contributed by atoms with E-state index in [1.165, 1.54) is 0 Å². The monoisotopic (exact) mass is 216 g/mol. The molecule has 0 spiro atoms. The number of rotatable bonds is 2. The molecular formula is C10H13ClOS. The molecule has 0 unspecified atom stereocenters. The summed E-state index contributed by atoms with van der Waals surface area (Å²) >= 11 is 4.72. The molecule has 3 heteroatoms. The number of hydrogen-bond acceptors (Lipinski definition) is 1. The number of aliphatic hydroxyl groups is 1. The SMILES string of the molecule is CC(C)c1ccccc1C(O)=S.Cl. The van der Waals surface area contributed by atoms with Gasteiger partial charge in [-0.15, -0.1) is 12.4 Å². The molecule has 0 atom stereocenters. The zero-order valence-corrected chi connectivity index (χ0v) is 9.28. The molecule has 0 aliphatic rings. The van der Waals surface area contributed by atoms with Gasteiger partial charge in [0, 0.05) is 5.56 Å². The van der Waals surface area contributed by atoms with Crippen molar-refractivity contribution in [3.8, 4) is 0 Å². The first-order chi connectivity index (χ1) is 5.63. The highest BCUT2D eigenvalue weighted by Gasteiger charge is 2.07. The van der Waals surface area contributed by atoms with Crippen LogP contribution < -0.4 is 0 Å². The van der Waals surface area contributed by atoms with E-state index in [1.807, 2.05) is 24.3 Å². The first-order valence-corrected chi connectivity index (χ1v) is 4.36. The van der Waals surface area contributed by atoms with Gasteiger partial charge in [-0.3, -0.25) is 0 Å². The number of hydrogen-bond donors (Lipinski definition) is 1. The van der Waals surface area contributed by atoms with Crippen molar-refractivity contribution in [2.45, 2.75) is 19.8 Å². The van der Waals surface area contributed by atoms with Crippen LogP contribution in [0.15, 0.2) is 24.3 Å². The van der Waals surface area contributed by atoms with Gasteiger partial charge in [0.25, 0.3) is 0 Å². The number of aliphatic hydroxyl groups excluding tert-OH is 1. The highest BCUT2D eigenvalue weighted by Crippen LogP contribution is 2.19. The van der Waals surface area contributed by atoms with E-state index in [2.05, 4.69) is 13.8 Å². The molecule has 1 aromatic carbocycles. The summed E-state index contributed by atoms with van der Waals surface area (Å²) in [4.78, 5) is 0. The van der Waals surface area contributed by atoms with Gasteiger partial charge >= 0.3 is 0 Å². The molecule has 0 aliphatic heterocycles. The Kier molecular flexibility index (Phi) is 4.96. The average Bonchev–Trinajstić information content (AvgIpc) is 2.04. The molecule has 0 amide bonds. The second-order valence-corrected chi connectivity index (χ2v) is 3.43. The lowest BCUT2D eigenvalue weighted by Gasteiger charge is -2.09. The van der Waals surface area contributed by atoms with Crippen molar-refractivity contribution in [3.63, 3.8) is 0 Å². The normalized spacial score (nSPS) is 9.46. The molecule has 1 nitrogen and oxygen atoms in total. The van der Waals surface area contributed by atoms with Crippen LogP contribution in [0.4, 0.5) is 0 Å². The van der Waals surface area contributed by atoms with Gasteiger partial charge in [0.1, 0.15) is 0 Å². The van der Waals surface area contributed by atoms with Crippen LogP contribution in [0.25, 0.3) is 0 Å². The smallest absolute Gasteiger partial charge is 0.188 e. The molecule has 0 fully saturated rings. The molecule has 1 N–H and O–H groups in total. The highest BCUT2D eigenvalue weighted by molar-refractivity contribution is 7.80. The van der Waals surface area contributed by atoms with Crippen molar-refractivity contribution < 1.29 is 5.11 Å². The summed E-state index contributed by atoms with van der Waals surface area (Å²) < 4.78 is 0. The van der Waals surface area contributed by atoms with E-state index in [4.69, 9.17) is 12.2 Å². The van der Waals surface area contributed by atoms with Gasteiger partial charge in [-0.05, 0) is 23.7 Å². The molecule has 0 bridgehead atoms. The minimum absolute atomic E-state index is 0. The van der Waals surface area contributed by atoms with Gasteiger partial charge in [0.15, 0.2) is 5.05 Å². The average molecular weight is 217 g/mol. The summed E-state index contributed by atoms with van der Waals surface area (Å²) in [7, 11) is 0. The van der Waals surface area contributed by atoms with Crippen LogP contribution >= 0.6 is 24.6 Å². The fourth-order valence-corrected chi connectivity index (χ4v) is 1.38. The quantitative estimate of drug-likeness (QED) is 0.765. The third-order valence-electron chi connectivity index (χ3n) is 1.81. The molecule has 0 aliphatic carbocycles. The maximum atomic E-state index is 9.18. The van der Waals surface area contributed by atoms with E-state index < -0.39 is 0 Å². The van der Waals surface area contributed by atoms with Crippen LogP contribution in [0.2, 0.25) is 0 Å². The van der Waals surface area contributed by atoms with E-state index in [-0.39, 0.29) is 17.5 Å². The first-order valence-electron chi connectivity index (χ1n) is 3.95. The Morgan fingerprint density at radius 1 is 1.31 bits per heavy atom. The topological polar surface area (TPSA) is 20.2 Å². The van der Waals surface area contributed by atoms with Gasteiger partial charge in [-0.2, -0.15) is 0 Å². The standard InChI is InChI=1S/C10H12OS.ClH/c1-7(2)8-5-3-4-6-9(8)10(11)12;/h3-7H,1-2H3,(H,11,12);1H. The molecule has 72 valence electrons. The van der Waals surface area contributed by atoms with E-state index >= 15 is 0 Å². The molecule has 1 rings (SSSR count). The third-order valence-corrected chi connectivity index (χ3v) is 2.03. The molecule has 0 saturated heterocycles. The predicted octanol–water partition coefficient (Wildman–Crippen LogP) is 3.47. The minimum Gasteiger partial charge on any atom is -0.499 e. The summed E-state index contributed by atoms with van der Waals surface area (Å²) in [5.41, 5.74) is 1.88. The number of thiocarbonyl (C=S) groups is 1. The lowest BCUT2D eigenvalue weighted by Crippen LogP contribution is -2.01. The van der Waals surface area contributed by atoms with Crippen LogP contribution in [-0.2, 0) is 0 Å². The molecule has 0 radical (unpaired) electrons. The van der Waals surface area contributed by atoms with Crippen LogP contribution in [0.3, 0.4) is 0 Å². The van der Waals surface area contributed by atoms with Crippen molar-refractivity contribution in [1.82, 2.24) is 0 Å². The van der Waals surface area contributed by atoms with Gasteiger partial charge < -0.3 is 5.11 Å². The lowest BCUT2D eigenvalue weighted by atomic mass is 9.98. The van der Waals surface area contributed by atoms with Gasteiger partial charge in [0.2, 0.25) is 0 Å². The Hall–Kier alpha value is -0.600. The maximum absolute atomic E-state index is 9.18. The summed E-state index contributed by atoms with van der Waals surface area (Å²) in [6.45, 7) is 4.16. The number of halogens is 1. The zero-order valence-electron chi connectivity index (χ0n) is 7.65. The van der Waals surface area contributed by atoms with Gasteiger partial charge in [0.05, 0.1) is 0 Å². The Balaban J connectivity index is 0.00000144.